The van der Waals surface area contributed by atoms with Crippen LogP contribution in [0.15, 0.2) is 97.2 Å². The minimum Gasteiger partial charge on any atom is -0.444 e. The van der Waals surface area contributed by atoms with Gasteiger partial charge in [-0.15, -0.1) is 0 Å². The molecule has 0 saturated heterocycles. The summed E-state index contributed by atoms with van der Waals surface area (Å²) in [5.74, 6) is 0. The van der Waals surface area contributed by atoms with Gasteiger partial charge in [0.2, 0.25) is 0 Å². The number of anilines is 1. The van der Waals surface area contributed by atoms with Gasteiger partial charge in [-0.05, 0) is 65.9 Å². The summed E-state index contributed by atoms with van der Waals surface area (Å²) in [7, 11) is 0. The number of benzene rings is 3. The maximum absolute atomic E-state index is 13.2. The van der Waals surface area contributed by atoms with Crippen LogP contribution in [0, 0.1) is 13.8 Å². The largest absolute Gasteiger partial charge is 0.444 e. The second-order valence-electron chi connectivity index (χ2n) is 7.82. The first-order valence-electron chi connectivity index (χ1n) is 10.7. The Morgan fingerprint density at radius 2 is 1.62 bits per heavy atom. The van der Waals surface area contributed by atoms with E-state index in [2.05, 4.69) is 30.1 Å². The zero-order valence-electron chi connectivity index (χ0n) is 18.4. The first kappa shape index (κ1) is 21.3. The molecule has 1 amide bonds. The zero-order chi connectivity index (χ0) is 22.3. The number of aromatic nitrogens is 1. The summed E-state index contributed by atoms with van der Waals surface area (Å²) in [4.78, 5) is 19.3. The number of amides is 1. The number of hydrogen-bond donors (Lipinski definition) is 0. The van der Waals surface area contributed by atoms with Gasteiger partial charge in [-0.2, -0.15) is 0 Å². The maximum Gasteiger partial charge on any atom is 0.414 e. The first-order valence-corrected chi connectivity index (χ1v) is 10.7. The molecule has 1 heterocycles. The fourth-order valence-corrected chi connectivity index (χ4v) is 3.68. The fourth-order valence-electron chi connectivity index (χ4n) is 3.68. The monoisotopic (exact) mass is 422 g/mol. The van der Waals surface area contributed by atoms with Gasteiger partial charge in [0.15, 0.2) is 0 Å². The van der Waals surface area contributed by atoms with Crippen LogP contribution in [-0.4, -0.2) is 11.1 Å². The Bertz CT molecular complexity index is 1190. The van der Waals surface area contributed by atoms with Crippen molar-refractivity contribution in [3.8, 4) is 11.1 Å². The number of carbonyl (C=O) groups is 1. The highest BCUT2D eigenvalue weighted by atomic mass is 16.6. The molecule has 0 atom stereocenters. The molecule has 0 aliphatic heterocycles. The third-order valence-electron chi connectivity index (χ3n) is 5.30. The lowest BCUT2D eigenvalue weighted by atomic mass is 9.98. The van der Waals surface area contributed by atoms with Crippen molar-refractivity contribution in [2.45, 2.75) is 27.0 Å². The van der Waals surface area contributed by atoms with Gasteiger partial charge in [0.25, 0.3) is 0 Å². The smallest absolute Gasteiger partial charge is 0.414 e. The molecule has 32 heavy (non-hydrogen) atoms. The fraction of sp³-hybridized carbons (Fsp3) is 0.143. The maximum atomic E-state index is 13.2. The van der Waals surface area contributed by atoms with Crippen molar-refractivity contribution >= 4 is 11.8 Å². The molecule has 1 aromatic heterocycles. The van der Waals surface area contributed by atoms with E-state index >= 15 is 0 Å². The lowest BCUT2D eigenvalue weighted by Gasteiger charge is -2.23. The first-order chi connectivity index (χ1) is 15.6. The summed E-state index contributed by atoms with van der Waals surface area (Å²) < 4.78 is 5.69. The molecule has 0 aliphatic rings. The van der Waals surface area contributed by atoms with Crippen molar-refractivity contribution < 1.29 is 9.53 Å². The number of carbonyl (C=O) groups excluding carboxylic acids is 1. The second kappa shape index (κ2) is 9.92. The molecule has 0 aliphatic carbocycles. The van der Waals surface area contributed by atoms with Crippen LogP contribution < -0.4 is 4.90 Å². The molecule has 160 valence electrons. The number of aryl methyl sites for hydroxylation is 2. The molecule has 4 rings (SSSR count). The van der Waals surface area contributed by atoms with Crippen LogP contribution in [-0.2, 0) is 17.9 Å². The van der Waals surface area contributed by atoms with E-state index in [1.54, 1.807) is 11.1 Å². The van der Waals surface area contributed by atoms with Gasteiger partial charge >= 0.3 is 6.09 Å². The number of rotatable bonds is 6. The van der Waals surface area contributed by atoms with Crippen LogP contribution in [0.4, 0.5) is 10.5 Å². The predicted octanol–water partition coefficient (Wildman–Crippen LogP) is 6.71. The van der Waals surface area contributed by atoms with Crippen molar-refractivity contribution in [2.75, 3.05) is 4.90 Å². The van der Waals surface area contributed by atoms with Crippen LogP contribution in [0.2, 0.25) is 0 Å². The lowest BCUT2D eigenvalue weighted by Crippen LogP contribution is -2.31. The van der Waals surface area contributed by atoms with E-state index in [1.165, 1.54) is 5.56 Å². The molecule has 0 fully saturated rings. The summed E-state index contributed by atoms with van der Waals surface area (Å²) in [5, 5.41) is 0. The van der Waals surface area contributed by atoms with Crippen LogP contribution in [0.5, 0.6) is 0 Å². The topological polar surface area (TPSA) is 42.4 Å². The summed E-state index contributed by atoms with van der Waals surface area (Å²) in [6.07, 6.45) is 1.33. The van der Waals surface area contributed by atoms with Crippen LogP contribution >= 0.6 is 0 Å². The van der Waals surface area contributed by atoms with Crippen molar-refractivity contribution in [1.29, 1.82) is 0 Å². The van der Waals surface area contributed by atoms with Gasteiger partial charge in [0, 0.05) is 11.9 Å². The van der Waals surface area contributed by atoms with Gasteiger partial charge in [-0.25, -0.2) is 4.79 Å². The van der Waals surface area contributed by atoms with E-state index in [1.807, 2.05) is 79.7 Å². The van der Waals surface area contributed by atoms with Crippen LogP contribution in [0.3, 0.4) is 0 Å². The molecular weight excluding hydrogens is 396 g/mol. The van der Waals surface area contributed by atoms with E-state index in [4.69, 9.17) is 4.74 Å². The van der Waals surface area contributed by atoms with Crippen molar-refractivity contribution in [3.05, 3.63) is 120 Å². The molecule has 0 N–H and O–H groups in total. The molecule has 0 bridgehead atoms. The highest BCUT2D eigenvalue weighted by Crippen LogP contribution is 2.30. The molecule has 0 unspecified atom stereocenters. The Kier molecular flexibility index (Phi) is 6.61. The van der Waals surface area contributed by atoms with E-state index in [-0.39, 0.29) is 6.61 Å². The molecule has 0 radical (unpaired) electrons. The van der Waals surface area contributed by atoms with Gasteiger partial charge in [-0.1, -0.05) is 66.7 Å². The van der Waals surface area contributed by atoms with Gasteiger partial charge in [-0.3, -0.25) is 9.88 Å². The second-order valence-corrected chi connectivity index (χ2v) is 7.82. The number of pyridine rings is 1. The normalized spacial score (nSPS) is 10.6. The molecule has 3 aromatic carbocycles. The third-order valence-corrected chi connectivity index (χ3v) is 5.30. The van der Waals surface area contributed by atoms with Crippen molar-refractivity contribution in [1.82, 2.24) is 4.98 Å². The lowest BCUT2D eigenvalue weighted by molar-refractivity contribution is 0.146. The van der Waals surface area contributed by atoms with E-state index in [9.17, 15) is 4.79 Å². The molecular formula is C28H26N2O2. The molecule has 0 spiro atoms. The van der Waals surface area contributed by atoms with Gasteiger partial charge < -0.3 is 4.74 Å². The molecule has 4 nitrogen and oxygen atoms in total. The standard InChI is InChI=1S/C28H26N2O2/c1-21-16-24(27-14-7-6-10-22(27)2)18-26(17-21)30(19-25-13-8-9-15-29-25)28(31)32-20-23-11-4-3-5-12-23/h3-18H,19-20H2,1-2H3. The minimum atomic E-state index is -0.402. The van der Waals surface area contributed by atoms with Crippen LogP contribution in [0.1, 0.15) is 22.4 Å². The highest BCUT2D eigenvalue weighted by Gasteiger charge is 2.20. The average Bonchev–Trinajstić information content (AvgIpc) is 2.82. The SMILES string of the molecule is Cc1cc(-c2ccccc2C)cc(N(Cc2ccccn2)C(=O)OCc2ccccc2)c1. The minimum absolute atomic E-state index is 0.217. The Morgan fingerprint density at radius 1 is 0.875 bits per heavy atom. The van der Waals surface area contributed by atoms with Gasteiger partial charge in [0.05, 0.1) is 12.2 Å². The van der Waals surface area contributed by atoms with E-state index in [0.29, 0.717) is 6.54 Å². The molecule has 4 aromatic rings. The molecule has 4 heteroatoms. The predicted molar refractivity (Wildman–Crippen MR) is 128 cm³/mol. The Labute approximate surface area is 189 Å². The number of ether oxygens (including phenoxy) is 1. The summed E-state index contributed by atoms with van der Waals surface area (Å²) in [6.45, 7) is 4.68. The van der Waals surface area contributed by atoms with Gasteiger partial charge in [0.1, 0.15) is 6.61 Å². The highest BCUT2D eigenvalue weighted by molar-refractivity contribution is 5.89. The molecule has 0 saturated carbocycles. The summed E-state index contributed by atoms with van der Waals surface area (Å²) in [6, 6.07) is 29.8. The zero-order valence-corrected chi connectivity index (χ0v) is 18.4. The summed E-state index contributed by atoms with van der Waals surface area (Å²) in [5.41, 5.74) is 7.00. The van der Waals surface area contributed by atoms with E-state index < -0.39 is 6.09 Å². The van der Waals surface area contributed by atoms with Crippen molar-refractivity contribution in [3.63, 3.8) is 0 Å². The Morgan fingerprint density at radius 3 is 2.38 bits per heavy atom. The number of nitrogens with zero attached hydrogens (tertiary/aromatic N) is 2. The Balaban J connectivity index is 1.67. The quantitative estimate of drug-likeness (QED) is 0.347. The average molecular weight is 423 g/mol. The Hall–Kier alpha value is -3.92. The number of hydrogen-bond acceptors (Lipinski definition) is 3. The van der Waals surface area contributed by atoms with Crippen LogP contribution in [0.25, 0.3) is 11.1 Å². The van der Waals surface area contributed by atoms with Crippen molar-refractivity contribution in [2.24, 2.45) is 0 Å². The third kappa shape index (κ3) is 5.22. The van der Waals surface area contributed by atoms with E-state index in [0.717, 1.165) is 33.6 Å². The summed E-state index contributed by atoms with van der Waals surface area (Å²) >= 11 is 0.